The van der Waals surface area contributed by atoms with E-state index in [2.05, 4.69) is 10.6 Å². The van der Waals surface area contributed by atoms with Crippen LogP contribution in [0.2, 0.25) is 0 Å². The van der Waals surface area contributed by atoms with E-state index in [1.54, 1.807) is 18.2 Å². The average molecular weight is 618 g/mol. The topological polar surface area (TPSA) is 203 Å². The van der Waals surface area contributed by atoms with E-state index in [-0.39, 0.29) is 78.4 Å². The van der Waals surface area contributed by atoms with Crippen molar-refractivity contribution in [1.29, 1.82) is 0 Å². The summed E-state index contributed by atoms with van der Waals surface area (Å²) in [5.41, 5.74) is 0.355. The summed E-state index contributed by atoms with van der Waals surface area (Å²) in [6, 6.07) is 3.34. The van der Waals surface area contributed by atoms with Crippen molar-refractivity contribution in [2.75, 3.05) is 37.0 Å². The Labute approximate surface area is 260 Å². The van der Waals surface area contributed by atoms with Gasteiger partial charge >= 0.3 is 47.6 Å². The number of hydrogen-bond donors (Lipinski definition) is 2. The molecule has 2 atom stereocenters. The van der Waals surface area contributed by atoms with Crippen LogP contribution >= 0.6 is 11.8 Å². The van der Waals surface area contributed by atoms with Gasteiger partial charge in [0.2, 0.25) is 15.9 Å². The third kappa shape index (κ3) is 6.86. The number of ether oxygens (including phenoxy) is 1. The van der Waals surface area contributed by atoms with Crippen molar-refractivity contribution in [2.45, 2.75) is 24.8 Å². The number of benzene rings is 1. The van der Waals surface area contributed by atoms with Crippen LogP contribution in [0.5, 0.6) is 0 Å². The van der Waals surface area contributed by atoms with Gasteiger partial charge in [0.05, 0.1) is 37.4 Å². The molecule has 0 bridgehead atoms. The second-order valence-electron chi connectivity index (χ2n) is 9.01. The molecule has 214 valence electrons. The summed E-state index contributed by atoms with van der Waals surface area (Å²) in [7, 11) is -3.84. The number of amides is 6. The summed E-state index contributed by atoms with van der Waals surface area (Å²) in [5.74, 6) is -3.35. The molecule has 4 rings (SSSR count). The Morgan fingerprint density at radius 3 is 2.44 bits per heavy atom. The van der Waals surface area contributed by atoms with E-state index in [9.17, 15) is 42.3 Å². The van der Waals surface area contributed by atoms with E-state index in [1.165, 1.54) is 24.8 Å². The van der Waals surface area contributed by atoms with Gasteiger partial charge in [-0.2, -0.15) is 0 Å². The summed E-state index contributed by atoms with van der Waals surface area (Å²) >= 11 is 1.19. The summed E-state index contributed by atoms with van der Waals surface area (Å²) in [4.78, 5) is 75.3. The summed E-state index contributed by atoms with van der Waals surface area (Å²) in [5, 5.41) is 16.1. The number of rotatable bonds is 8. The number of carbonyl (C=O) groups is 6. The fraction of sp³-hybridized carbons (Fsp3) is 0.391. The molecule has 41 heavy (non-hydrogen) atoms. The first-order valence-corrected chi connectivity index (χ1v) is 14.7. The molecule has 1 aromatic rings. The molecule has 3 heterocycles. The van der Waals surface area contributed by atoms with Gasteiger partial charge in [0.25, 0.3) is 5.91 Å². The van der Waals surface area contributed by atoms with E-state index in [4.69, 9.17) is 4.74 Å². The first-order valence-electron chi connectivity index (χ1n) is 11.8. The van der Waals surface area contributed by atoms with Crippen LogP contribution in [0.3, 0.4) is 0 Å². The second-order valence-corrected chi connectivity index (χ2v) is 12.0. The number of imide groups is 1. The minimum Gasteiger partial charge on any atom is -0.543 e. The largest absolute Gasteiger partial charge is 1.00 e. The standard InChI is InChI=1S/C23H25N5O10S2.Na/c1-12(29)38-10-14-11-39-20-17(19(31)28(20)18(14)21(32)33)25-16(30)9-13-5-3-4-6-15(13)24-22(34)26-7-8-27(23(26)35)40(2,36)37;/h3-6,17,20H,7-11H2,1-2H3,(H,24,34)(H,25,30)(H,32,33);/q;+1/p-1/t17?,20-;/m1./s1. The van der Waals surface area contributed by atoms with Gasteiger partial charge in [-0.15, -0.1) is 11.8 Å². The number of carbonyl (C=O) groups excluding carboxylic acids is 6. The van der Waals surface area contributed by atoms with Gasteiger partial charge in [-0.05, 0) is 11.6 Å². The van der Waals surface area contributed by atoms with E-state index >= 15 is 0 Å². The smallest absolute Gasteiger partial charge is 0.543 e. The Balaban J connectivity index is 0.00000462. The molecule has 1 unspecified atom stereocenters. The van der Waals surface area contributed by atoms with Gasteiger partial charge in [0.1, 0.15) is 18.0 Å². The number of aliphatic carboxylic acids is 1. The first-order chi connectivity index (χ1) is 18.8. The monoisotopic (exact) mass is 617 g/mol. The second kappa shape index (κ2) is 12.8. The molecule has 2 fully saturated rings. The SMILES string of the molecule is CC(=O)OCC1=C(C(=O)[O-])N2C(=O)C(NC(=O)Cc3ccccc3NC(=O)N3CCN(S(C)(=O)=O)C3=O)[C@H]2SC1.[Na+]. The summed E-state index contributed by atoms with van der Waals surface area (Å²) in [6.07, 6.45) is 0.581. The number of thioether (sulfide) groups is 1. The molecule has 0 aromatic heterocycles. The minimum absolute atomic E-state index is 0. The molecule has 18 heteroatoms. The van der Waals surface area contributed by atoms with Crippen LogP contribution in [0.1, 0.15) is 12.5 Å². The number of fused-ring (bicyclic) bond motifs is 1. The number of nitrogens with one attached hydrogen (secondary N) is 2. The molecule has 6 amide bonds. The molecular weight excluding hydrogens is 593 g/mol. The predicted molar refractivity (Wildman–Crippen MR) is 137 cm³/mol. The molecule has 1 aromatic carbocycles. The van der Waals surface area contributed by atoms with Crippen LogP contribution in [0.25, 0.3) is 0 Å². The number of β-lactam (4-membered cyclic amide) rings is 1. The zero-order valence-corrected chi connectivity index (χ0v) is 25.9. The van der Waals surface area contributed by atoms with Crippen LogP contribution in [0, 0.1) is 0 Å². The van der Waals surface area contributed by atoms with Gasteiger partial charge in [-0.1, -0.05) is 18.2 Å². The van der Waals surface area contributed by atoms with E-state index < -0.39 is 57.3 Å². The quantitative estimate of drug-likeness (QED) is 0.162. The van der Waals surface area contributed by atoms with Crippen molar-refractivity contribution in [3.05, 3.63) is 41.1 Å². The molecule has 0 saturated carbocycles. The molecular formula is C23H24N5NaO10S2. The van der Waals surface area contributed by atoms with Crippen LogP contribution in [-0.4, -0.2) is 101 Å². The van der Waals surface area contributed by atoms with Crippen molar-refractivity contribution < 1.29 is 76.6 Å². The minimum atomic E-state index is -3.84. The first kappa shape index (κ1) is 32.4. The molecule has 3 aliphatic heterocycles. The van der Waals surface area contributed by atoms with Gasteiger partial charge in [-0.3, -0.25) is 19.3 Å². The fourth-order valence-corrected chi connectivity index (χ4v) is 6.48. The fourth-order valence-electron chi connectivity index (χ4n) is 4.36. The maximum absolute atomic E-state index is 12.9. The molecule has 0 aliphatic carbocycles. The number of urea groups is 2. The number of carboxylic acids is 1. The molecule has 0 spiro atoms. The molecule has 2 saturated heterocycles. The van der Waals surface area contributed by atoms with Crippen LogP contribution < -0.4 is 45.3 Å². The van der Waals surface area contributed by atoms with E-state index in [0.29, 0.717) is 9.87 Å². The van der Waals surface area contributed by atoms with Crippen molar-refractivity contribution in [2.24, 2.45) is 0 Å². The number of anilines is 1. The zero-order chi connectivity index (χ0) is 29.4. The van der Waals surface area contributed by atoms with Gasteiger partial charge in [0, 0.05) is 23.9 Å². The number of hydrogen-bond acceptors (Lipinski definition) is 11. The number of esters is 1. The van der Waals surface area contributed by atoms with E-state index in [0.717, 1.165) is 16.1 Å². The van der Waals surface area contributed by atoms with Crippen molar-refractivity contribution in [1.82, 2.24) is 19.4 Å². The average Bonchev–Trinajstić information content (AvgIpc) is 3.28. The summed E-state index contributed by atoms with van der Waals surface area (Å²) < 4.78 is 28.9. The molecule has 0 radical (unpaired) electrons. The third-order valence-corrected chi connectivity index (χ3v) is 8.71. The Morgan fingerprint density at radius 2 is 1.83 bits per heavy atom. The third-order valence-electron chi connectivity index (χ3n) is 6.23. The van der Waals surface area contributed by atoms with E-state index in [1.807, 2.05) is 0 Å². The number of carboxylic acid groups (broad SMARTS) is 1. The van der Waals surface area contributed by atoms with Crippen molar-refractivity contribution >= 4 is 63.3 Å². The van der Waals surface area contributed by atoms with Crippen molar-refractivity contribution in [3.8, 4) is 0 Å². The predicted octanol–water partition coefficient (Wildman–Crippen LogP) is -4.57. The Morgan fingerprint density at radius 1 is 1.15 bits per heavy atom. The molecule has 15 nitrogen and oxygen atoms in total. The Kier molecular flexibility index (Phi) is 10.1. The maximum Gasteiger partial charge on any atom is 1.00 e. The van der Waals surface area contributed by atoms with Crippen LogP contribution in [0.4, 0.5) is 15.3 Å². The number of nitrogens with zero attached hydrogens (tertiary/aromatic N) is 3. The number of sulfonamides is 1. The normalized spacial score (nSPS) is 20.1. The Bertz CT molecular complexity index is 1450. The van der Waals surface area contributed by atoms with Crippen molar-refractivity contribution in [3.63, 3.8) is 0 Å². The molecule has 2 N–H and O–H groups in total. The van der Waals surface area contributed by atoms with Gasteiger partial charge < -0.3 is 25.3 Å². The number of para-hydroxylation sites is 1. The summed E-state index contributed by atoms with van der Waals surface area (Å²) in [6.45, 7) is 0.531. The van der Waals surface area contributed by atoms with Crippen LogP contribution in [0.15, 0.2) is 35.5 Å². The van der Waals surface area contributed by atoms with Gasteiger partial charge in [0.15, 0.2) is 0 Å². The maximum atomic E-state index is 12.9. The molecule has 3 aliphatic rings. The van der Waals surface area contributed by atoms with Gasteiger partial charge in [-0.25, -0.2) is 27.2 Å². The zero-order valence-electron chi connectivity index (χ0n) is 22.2. The van der Waals surface area contributed by atoms with Crippen LogP contribution in [-0.2, 0) is 40.4 Å². The Hall–Kier alpha value is -3.12.